The van der Waals surface area contributed by atoms with Gasteiger partial charge in [0.25, 0.3) is 5.96 Å². The molecule has 1 aliphatic heterocycles. The Bertz CT molecular complexity index is 1140. The highest BCUT2D eigenvalue weighted by molar-refractivity contribution is 6.23. The lowest BCUT2D eigenvalue weighted by atomic mass is 10.0. The summed E-state index contributed by atoms with van der Waals surface area (Å²) in [6.07, 6.45) is 2.08. The number of anilines is 1. The van der Waals surface area contributed by atoms with Crippen LogP contribution in [0.5, 0.6) is 0 Å². The van der Waals surface area contributed by atoms with Gasteiger partial charge >= 0.3 is 0 Å². The molecule has 0 aliphatic carbocycles. The third-order valence-corrected chi connectivity index (χ3v) is 4.88. The van der Waals surface area contributed by atoms with E-state index >= 15 is 0 Å². The lowest BCUT2D eigenvalue weighted by Crippen LogP contribution is -2.11. The molecule has 5 nitrogen and oxygen atoms in total. The van der Waals surface area contributed by atoms with Gasteiger partial charge in [-0.25, -0.2) is 14.7 Å². The number of allylic oxidation sites excluding steroid dienone is 1. The van der Waals surface area contributed by atoms with Crippen molar-refractivity contribution in [2.24, 2.45) is 9.98 Å². The Kier molecular flexibility index (Phi) is 4.89. The quantitative estimate of drug-likeness (QED) is 0.662. The molecule has 2 aromatic carbocycles. The van der Waals surface area contributed by atoms with Crippen molar-refractivity contribution >= 4 is 23.4 Å². The molecule has 2 heterocycles. The molecule has 29 heavy (non-hydrogen) atoms. The summed E-state index contributed by atoms with van der Waals surface area (Å²) in [5, 5.41) is 4.56. The number of aliphatic imine (C=N–C) groups is 2. The fraction of sp³-hybridized carbons (Fsp3) is 0.208. The van der Waals surface area contributed by atoms with Crippen LogP contribution in [0.3, 0.4) is 0 Å². The molecule has 0 bridgehead atoms. The van der Waals surface area contributed by atoms with Gasteiger partial charge in [-0.2, -0.15) is 5.10 Å². The first kappa shape index (κ1) is 18.9. The second kappa shape index (κ2) is 7.51. The number of aryl methyl sites for hydroxylation is 3. The maximum atomic E-state index is 4.86. The molecule has 146 valence electrons. The van der Waals surface area contributed by atoms with Crippen LogP contribution in [0.1, 0.15) is 28.1 Å². The normalized spacial score (nSPS) is 14.9. The second-order valence-electron chi connectivity index (χ2n) is 7.60. The lowest BCUT2D eigenvalue weighted by Gasteiger charge is -2.12. The molecule has 0 saturated heterocycles. The Balaban J connectivity index is 1.80. The van der Waals surface area contributed by atoms with E-state index in [0.717, 1.165) is 39.6 Å². The molecule has 0 spiro atoms. The number of rotatable bonds is 3. The summed E-state index contributed by atoms with van der Waals surface area (Å²) in [5.41, 5.74) is 8.19. The van der Waals surface area contributed by atoms with Crippen LogP contribution in [0.25, 0.3) is 6.08 Å². The van der Waals surface area contributed by atoms with Gasteiger partial charge in [0.2, 0.25) is 0 Å². The minimum Gasteiger partial charge on any atom is -0.378 e. The van der Waals surface area contributed by atoms with Crippen LogP contribution in [0.2, 0.25) is 0 Å². The van der Waals surface area contributed by atoms with E-state index in [9.17, 15) is 0 Å². The third kappa shape index (κ3) is 3.90. The Morgan fingerprint density at radius 1 is 0.897 bits per heavy atom. The molecule has 5 heteroatoms. The maximum Gasteiger partial charge on any atom is 0.252 e. The molecule has 0 saturated carbocycles. The Morgan fingerprint density at radius 2 is 1.66 bits per heavy atom. The molecule has 0 amide bonds. The first-order valence-electron chi connectivity index (χ1n) is 9.68. The Labute approximate surface area is 171 Å². The first-order chi connectivity index (χ1) is 13.9. The molecule has 1 aromatic heterocycles. The molecular formula is C24H25N5. The van der Waals surface area contributed by atoms with Gasteiger partial charge in [0.1, 0.15) is 5.71 Å². The number of benzene rings is 2. The molecule has 0 atom stereocenters. The molecule has 0 fully saturated rings. The maximum absolute atomic E-state index is 4.86. The zero-order valence-electron chi connectivity index (χ0n) is 17.5. The van der Waals surface area contributed by atoms with Crippen molar-refractivity contribution in [1.29, 1.82) is 0 Å². The van der Waals surface area contributed by atoms with E-state index in [1.807, 2.05) is 34.0 Å². The van der Waals surface area contributed by atoms with Crippen molar-refractivity contribution < 1.29 is 0 Å². The molecule has 1 aliphatic rings. The largest absolute Gasteiger partial charge is 0.378 e. The predicted octanol–water partition coefficient (Wildman–Crippen LogP) is 4.62. The van der Waals surface area contributed by atoms with Crippen LogP contribution < -0.4 is 4.90 Å². The zero-order valence-corrected chi connectivity index (χ0v) is 17.5. The third-order valence-electron chi connectivity index (χ3n) is 4.88. The van der Waals surface area contributed by atoms with Crippen LogP contribution in [0.15, 0.2) is 70.3 Å². The Morgan fingerprint density at radius 3 is 2.28 bits per heavy atom. The van der Waals surface area contributed by atoms with Gasteiger partial charge in [-0.05, 0) is 56.7 Å². The van der Waals surface area contributed by atoms with Crippen LogP contribution in [0.4, 0.5) is 5.69 Å². The van der Waals surface area contributed by atoms with Gasteiger partial charge in [-0.3, -0.25) is 0 Å². The van der Waals surface area contributed by atoms with Crippen molar-refractivity contribution in [2.75, 3.05) is 19.0 Å². The van der Waals surface area contributed by atoms with Gasteiger partial charge < -0.3 is 4.90 Å². The molecule has 0 N–H and O–H groups in total. The molecule has 0 radical (unpaired) electrons. The molecule has 0 unspecified atom stereocenters. The molecule has 3 aromatic rings. The van der Waals surface area contributed by atoms with Gasteiger partial charge in [0.05, 0.1) is 11.4 Å². The van der Waals surface area contributed by atoms with E-state index in [2.05, 4.69) is 71.5 Å². The Hall–Kier alpha value is -3.47. The van der Waals surface area contributed by atoms with Crippen molar-refractivity contribution in [1.82, 2.24) is 9.78 Å². The standard InChI is InChI=1S/C24H25N5/c1-16-7-6-8-20(13-16)23-22(15-19-9-11-21(12-10-19)28(4)5)25-24(26-23)29-18(3)14-17(2)27-29/h6-15H,1-5H3/b22-15-. The van der Waals surface area contributed by atoms with Crippen molar-refractivity contribution in [3.05, 3.63) is 88.4 Å². The summed E-state index contributed by atoms with van der Waals surface area (Å²) < 4.78 is 1.81. The average Bonchev–Trinajstić information content (AvgIpc) is 3.24. The van der Waals surface area contributed by atoms with E-state index in [1.54, 1.807) is 4.68 Å². The summed E-state index contributed by atoms with van der Waals surface area (Å²) in [6, 6.07) is 18.8. The van der Waals surface area contributed by atoms with Crippen LogP contribution in [-0.2, 0) is 0 Å². The minimum atomic E-state index is 0.600. The van der Waals surface area contributed by atoms with E-state index in [-0.39, 0.29) is 0 Å². The summed E-state index contributed by atoms with van der Waals surface area (Å²) in [4.78, 5) is 11.8. The topological polar surface area (TPSA) is 45.8 Å². The van der Waals surface area contributed by atoms with Gasteiger partial charge in [-0.15, -0.1) is 0 Å². The highest BCUT2D eigenvalue weighted by atomic mass is 15.4. The summed E-state index contributed by atoms with van der Waals surface area (Å²) in [5.74, 6) is 0.600. The SMILES string of the molecule is Cc1cccc(C2=NC(n3nc(C)cc3C)=N/C2=C\c2ccc(N(C)C)cc2)c1. The summed E-state index contributed by atoms with van der Waals surface area (Å²) >= 11 is 0. The second-order valence-corrected chi connectivity index (χ2v) is 7.60. The van der Waals surface area contributed by atoms with Gasteiger partial charge in [0.15, 0.2) is 0 Å². The summed E-state index contributed by atoms with van der Waals surface area (Å²) in [6.45, 7) is 6.09. The van der Waals surface area contributed by atoms with Crippen molar-refractivity contribution in [3.63, 3.8) is 0 Å². The average molecular weight is 383 g/mol. The molecular weight excluding hydrogens is 358 g/mol. The van der Waals surface area contributed by atoms with Crippen molar-refractivity contribution in [2.45, 2.75) is 20.8 Å². The fourth-order valence-corrected chi connectivity index (χ4v) is 3.40. The van der Waals surface area contributed by atoms with E-state index in [1.165, 1.54) is 5.56 Å². The smallest absolute Gasteiger partial charge is 0.252 e. The van der Waals surface area contributed by atoms with E-state index < -0.39 is 0 Å². The van der Waals surface area contributed by atoms with E-state index in [4.69, 9.17) is 9.98 Å². The number of aromatic nitrogens is 2. The predicted molar refractivity (Wildman–Crippen MR) is 121 cm³/mol. The van der Waals surface area contributed by atoms with Crippen LogP contribution in [0, 0.1) is 20.8 Å². The lowest BCUT2D eigenvalue weighted by molar-refractivity contribution is 0.873. The number of nitrogens with zero attached hydrogens (tertiary/aromatic N) is 5. The van der Waals surface area contributed by atoms with Gasteiger partial charge in [0, 0.05) is 31.0 Å². The summed E-state index contributed by atoms with van der Waals surface area (Å²) in [7, 11) is 4.08. The number of hydrogen-bond donors (Lipinski definition) is 0. The van der Waals surface area contributed by atoms with Crippen LogP contribution in [-0.4, -0.2) is 35.5 Å². The first-order valence-corrected chi connectivity index (χ1v) is 9.68. The number of hydrogen-bond acceptors (Lipinski definition) is 4. The zero-order chi connectivity index (χ0) is 20.5. The fourth-order valence-electron chi connectivity index (χ4n) is 3.40. The molecule has 4 rings (SSSR count). The highest BCUT2D eigenvalue weighted by Crippen LogP contribution is 2.23. The monoisotopic (exact) mass is 383 g/mol. The van der Waals surface area contributed by atoms with Crippen LogP contribution >= 0.6 is 0 Å². The highest BCUT2D eigenvalue weighted by Gasteiger charge is 2.21. The van der Waals surface area contributed by atoms with Gasteiger partial charge in [-0.1, -0.05) is 35.9 Å². The van der Waals surface area contributed by atoms with Crippen molar-refractivity contribution in [3.8, 4) is 0 Å². The minimum absolute atomic E-state index is 0.600. The van der Waals surface area contributed by atoms with E-state index in [0.29, 0.717) is 5.96 Å².